The summed E-state index contributed by atoms with van der Waals surface area (Å²) in [6.45, 7) is 5.47. The molecule has 1 saturated carbocycles. The third-order valence-electron chi connectivity index (χ3n) is 5.12. The largest absolute Gasteiger partial charge is 0.364 e. The quantitative estimate of drug-likeness (QED) is 0.621. The highest BCUT2D eigenvalue weighted by molar-refractivity contribution is 5.96. The van der Waals surface area contributed by atoms with Crippen molar-refractivity contribution in [3.05, 3.63) is 54.4 Å². The predicted molar refractivity (Wildman–Crippen MR) is 113 cm³/mol. The molecule has 1 fully saturated rings. The van der Waals surface area contributed by atoms with Crippen LogP contribution in [0.3, 0.4) is 0 Å². The molecule has 1 unspecified atom stereocenters. The number of hydrogen-bond acceptors (Lipinski definition) is 6. The molecule has 4 N–H and O–H groups in total. The standard InChI is InChI=1S/C21H26N6O2/c1-4-18(28)24-15-8-9-16(11-15)27(3)17-12-23-19(20(22)29)21(26-17)25-14-7-5-6-13(2)10-14/h4-7,10,12,15-16H,1,8-9,11H2,2-3H3,(H2,22,29)(H,24,28)(H,25,26)/t15?,16-/m1/s1. The maximum Gasteiger partial charge on any atom is 0.271 e. The molecule has 152 valence electrons. The first kappa shape index (κ1) is 20.3. The van der Waals surface area contributed by atoms with E-state index in [1.165, 1.54) is 6.08 Å². The molecule has 2 aromatic rings. The Balaban J connectivity index is 1.80. The van der Waals surface area contributed by atoms with Gasteiger partial charge in [0.05, 0.1) is 6.20 Å². The summed E-state index contributed by atoms with van der Waals surface area (Å²) >= 11 is 0. The molecule has 0 radical (unpaired) electrons. The van der Waals surface area contributed by atoms with Crippen LogP contribution in [-0.4, -0.2) is 40.9 Å². The molecule has 1 aromatic carbocycles. The van der Waals surface area contributed by atoms with Crippen LogP contribution < -0.4 is 21.3 Å². The predicted octanol–water partition coefficient (Wildman–Crippen LogP) is 2.29. The first-order valence-electron chi connectivity index (χ1n) is 9.53. The summed E-state index contributed by atoms with van der Waals surface area (Å²) in [6.07, 6.45) is 5.44. The molecule has 2 atom stereocenters. The van der Waals surface area contributed by atoms with Crippen molar-refractivity contribution in [2.24, 2.45) is 5.73 Å². The molecule has 1 aliphatic carbocycles. The fraction of sp³-hybridized carbons (Fsp3) is 0.333. The van der Waals surface area contributed by atoms with E-state index >= 15 is 0 Å². The van der Waals surface area contributed by atoms with Crippen LogP contribution in [0.1, 0.15) is 35.3 Å². The van der Waals surface area contributed by atoms with Crippen molar-refractivity contribution >= 4 is 29.1 Å². The number of nitrogens with one attached hydrogen (secondary N) is 2. The Labute approximate surface area is 170 Å². The Bertz CT molecular complexity index is 929. The van der Waals surface area contributed by atoms with Gasteiger partial charge in [0.1, 0.15) is 5.82 Å². The first-order chi connectivity index (χ1) is 13.9. The van der Waals surface area contributed by atoms with Crippen molar-refractivity contribution in [2.45, 2.75) is 38.3 Å². The van der Waals surface area contributed by atoms with Crippen molar-refractivity contribution in [1.82, 2.24) is 15.3 Å². The average molecular weight is 394 g/mol. The van der Waals surface area contributed by atoms with Gasteiger partial charge in [0.2, 0.25) is 5.91 Å². The number of amides is 2. The second-order valence-electron chi connectivity index (χ2n) is 7.27. The maximum atomic E-state index is 11.8. The molecule has 8 heteroatoms. The fourth-order valence-electron chi connectivity index (χ4n) is 3.56. The van der Waals surface area contributed by atoms with E-state index in [2.05, 4.69) is 27.2 Å². The number of carbonyl (C=O) groups excluding carboxylic acids is 2. The SMILES string of the molecule is C=CC(=O)NC1CC[C@@H](N(C)c2cnc(C(N)=O)c(Nc3cccc(C)c3)n2)C1. The zero-order valence-electron chi connectivity index (χ0n) is 16.7. The summed E-state index contributed by atoms with van der Waals surface area (Å²) in [5, 5.41) is 6.10. The second-order valence-corrected chi connectivity index (χ2v) is 7.27. The van der Waals surface area contributed by atoms with Gasteiger partial charge in [-0.25, -0.2) is 9.97 Å². The van der Waals surface area contributed by atoms with Crippen LogP contribution in [-0.2, 0) is 4.79 Å². The van der Waals surface area contributed by atoms with Crippen LogP contribution in [0.4, 0.5) is 17.3 Å². The minimum Gasteiger partial charge on any atom is -0.364 e. The number of benzene rings is 1. The van der Waals surface area contributed by atoms with E-state index in [1.807, 2.05) is 43.1 Å². The summed E-state index contributed by atoms with van der Waals surface area (Å²) < 4.78 is 0. The number of primary amides is 1. The van der Waals surface area contributed by atoms with E-state index in [0.717, 1.165) is 30.5 Å². The molecular weight excluding hydrogens is 368 g/mol. The molecular formula is C21H26N6O2. The molecule has 0 bridgehead atoms. The molecule has 29 heavy (non-hydrogen) atoms. The van der Waals surface area contributed by atoms with Crippen LogP contribution in [0.5, 0.6) is 0 Å². The molecule has 8 nitrogen and oxygen atoms in total. The molecule has 3 rings (SSSR count). The lowest BCUT2D eigenvalue weighted by Gasteiger charge is -2.26. The summed E-state index contributed by atoms with van der Waals surface area (Å²) in [6, 6.07) is 8.05. The molecule has 2 amide bonds. The third-order valence-corrected chi connectivity index (χ3v) is 5.12. The fourth-order valence-corrected chi connectivity index (χ4v) is 3.56. The Morgan fingerprint density at radius 1 is 1.34 bits per heavy atom. The summed E-state index contributed by atoms with van der Waals surface area (Å²) in [7, 11) is 1.94. The smallest absolute Gasteiger partial charge is 0.271 e. The monoisotopic (exact) mass is 394 g/mol. The van der Waals surface area contributed by atoms with Gasteiger partial charge < -0.3 is 21.3 Å². The molecule has 0 saturated heterocycles. The number of anilines is 3. The highest BCUT2D eigenvalue weighted by Crippen LogP contribution is 2.28. The van der Waals surface area contributed by atoms with Crippen molar-refractivity contribution in [3.8, 4) is 0 Å². The lowest BCUT2D eigenvalue weighted by molar-refractivity contribution is -0.117. The van der Waals surface area contributed by atoms with Gasteiger partial charge in [0, 0.05) is 24.8 Å². The Hall–Kier alpha value is -3.42. The maximum absolute atomic E-state index is 11.8. The minimum absolute atomic E-state index is 0.0891. The first-order valence-corrected chi connectivity index (χ1v) is 9.53. The van der Waals surface area contributed by atoms with Gasteiger partial charge in [-0.2, -0.15) is 0 Å². The highest BCUT2D eigenvalue weighted by Gasteiger charge is 2.29. The van der Waals surface area contributed by atoms with E-state index in [9.17, 15) is 9.59 Å². The minimum atomic E-state index is -0.644. The molecule has 1 heterocycles. The summed E-state index contributed by atoms with van der Waals surface area (Å²) in [5.41, 5.74) is 7.45. The van der Waals surface area contributed by atoms with Crippen LogP contribution in [0.25, 0.3) is 0 Å². The Morgan fingerprint density at radius 3 is 2.83 bits per heavy atom. The molecule has 1 aliphatic rings. The van der Waals surface area contributed by atoms with E-state index in [1.54, 1.807) is 6.20 Å². The number of aromatic nitrogens is 2. The summed E-state index contributed by atoms with van der Waals surface area (Å²) in [4.78, 5) is 34.2. The van der Waals surface area contributed by atoms with Crippen molar-refractivity contribution in [1.29, 1.82) is 0 Å². The Morgan fingerprint density at radius 2 is 2.14 bits per heavy atom. The Kier molecular flexibility index (Phi) is 6.11. The van der Waals surface area contributed by atoms with Crippen LogP contribution >= 0.6 is 0 Å². The number of nitrogens with two attached hydrogens (primary N) is 1. The van der Waals surface area contributed by atoms with Gasteiger partial charge in [-0.05, 0) is 50.0 Å². The lowest BCUT2D eigenvalue weighted by Crippen LogP contribution is -2.35. The van der Waals surface area contributed by atoms with E-state index in [-0.39, 0.29) is 23.7 Å². The number of nitrogens with zero attached hydrogens (tertiary/aromatic N) is 3. The zero-order valence-corrected chi connectivity index (χ0v) is 16.7. The number of rotatable bonds is 7. The third kappa shape index (κ3) is 4.90. The van der Waals surface area contributed by atoms with Gasteiger partial charge in [0.25, 0.3) is 5.91 Å². The van der Waals surface area contributed by atoms with Crippen LogP contribution in [0.15, 0.2) is 43.1 Å². The zero-order chi connectivity index (χ0) is 21.0. The van der Waals surface area contributed by atoms with E-state index in [0.29, 0.717) is 11.6 Å². The number of hydrogen-bond donors (Lipinski definition) is 3. The molecule has 1 aromatic heterocycles. The number of aryl methyl sites for hydroxylation is 1. The normalized spacial score (nSPS) is 18.1. The van der Waals surface area contributed by atoms with Gasteiger partial charge in [-0.3, -0.25) is 9.59 Å². The van der Waals surface area contributed by atoms with Crippen molar-refractivity contribution < 1.29 is 9.59 Å². The second kappa shape index (κ2) is 8.72. The lowest BCUT2D eigenvalue weighted by atomic mass is 10.2. The topological polar surface area (TPSA) is 113 Å². The van der Waals surface area contributed by atoms with Crippen LogP contribution in [0.2, 0.25) is 0 Å². The number of carbonyl (C=O) groups is 2. The molecule has 0 aliphatic heterocycles. The average Bonchev–Trinajstić information content (AvgIpc) is 3.15. The molecule has 0 spiro atoms. The van der Waals surface area contributed by atoms with Gasteiger partial charge in [0.15, 0.2) is 11.5 Å². The van der Waals surface area contributed by atoms with Crippen LogP contribution in [0, 0.1) is 6.92 Å². The highest BCUT2D eigenvalue weighted by atomic mass is 16.2. The van der Waals surface area contributed by atoms with Gasteiger partial charge in [-0.15, -0.1) is 0 Å². The van der Waals surface area contributed by atoms with E-state index in [4.69, 9.17) is 5.73 Å². The van der Waals surface area contributed by atoms with E-state index < -0.39 is 5.91 Å². The van der Waals surface area contributed by atoms with Crippen molar-refractivity contribution in [3.63, 3.8) is 0 Å². The van der Waals surface area contributed by atoms with Gasteiger partial charge in [-0.1, -0.05) is 18.7 Å². The van der Waals surface area contributed by atoms with Crippen molar-refractivity contribution in [2.75, 3.05) is 17.3 Å². The van der Waals surface area contributed by atoms with Gasteiger partial charge >= 0.3 is 0 Å². The summed E-state index contributed by atoms with van der Waals surface area (Å²) in [5.74, 6) is 0.149.